The summed E-state index contributed by atoms with van der Waals surface area (Å²) in [4.78, 5) is 23.9. The highest BCUT2D eigenvalue weighted by Crippen LogP contribution is 2.01. The molecule has 0 atom stereocenters. The lowest BCUT2D eigenvalue weighted by atomic mass is 10.2. The van der Waals surface area contributed by atoms with Crippen LogP contribution in [0.4, 0.5) is 0 Å². The van der Waals surface area contributed by atoms with Crippen LogP contribution in [0, 0.1) is 11.8 Å². The fourth-order valence-electron chi connectivity index (χ4n) is 1.53. The van der Waals surface area contributed by atoms with Gasteiger partial charge in [-0.1, -0.05) is 24.1 Å². The number of amides is 1. The first-order valence-corrected chi connectivity index (χ1v) is 6.10. The Labute approximate surface area is 113 Å². The molecule has 0 aliphatic heterocycles. The first-order chi connectivity index (χ1) is 9.00. The molecule has 100 valence electrons. The molecule has 0 aromatic heterocycles. The number of carboxylic acids is 1. The minimum atomic E-state index is -0.922. The summed E-state index contributed by atoms with van der Waals surface area (Å²) in [5.74, 6) is 4.06. The summed E-state index contributed by atoms with van der Waals surface area (Å²) in [5.41, 5.74) is 0.762. The molecule has 0 aliphatic rings. The Balaban J connectivity index is 2.73. The number of carbonyl (C=O) groups excluding carboxylic acids is 1. The van der Waals surface area contributed by atoms with Crippen LogP contribution in [0.5, 0.6) is 0 Å². The Morgan fingerprint density at radius 1 is 1.26 bits per heavy atom. The van der Waals surface area contributed by atoms with Gasteiger partial charge in [-0.05, 0) is 26.0 Å². The molecule has 0 spiro atoms. The van der Waals surface area contributed by atoms with Gasteiger partial charge < -0.3 is 10.0 Å². The van der Waals surface area contributed by atoms with Gasteiger partial charge in [-0.25, -0.2) is 0 Å². The molecule has 0 aliphatic carbocycles. The largest absolute Gasteiger partial charge is 0.481 e. The second-order valence-electron chi connectivity index (χ2n) is 4.35. The zero-order chi connectivity index (χ0) is 14.3. The van der Waals surface area contributed by atoms with Gasteiger partial charge in [-0.2, -0.15) is 0 Å². The SMILES string of the molecule is CC(C)N(CCC(=O)O)C(=O)C#Cc1ccccc1. The Bertz CT molecular complexity index is 497. The minimum absolute atomic E-state index is 0.0723. The third-order valence-corrected chi connectivity index (χ3v) is 2.54. The van der Waals surface area contributed by atoms with E-state index in [9.17, 15) is 9.59 Å². The van der Waals surface area contributed by atoms with Gasteiger partial charge in [0.2, 0.25) is 0 Å². The Morgan fingerprint density at radius 3 is 2.42 bits per heavy atom. The molecule has 1 N–H and O–H groups in total. The summed E-state index contributed by atoms with van der Waals surface area (Å²) in [6, 6.07) is 9.13. The number of benzene rings is 1. The fourth-order valence-corrected chi connectivity index (χ4v) is 1.53. The van der Waals surface area contributed by atoms with Crippen LogP contribution in [-0.4, -0.2) is 34.5 Å². The zero-order valence-electron chi connectivity index (χ0n) is 11.1. The molecule has 0 bridgehead atoms. The van der Waals surface area contributed by atoms with Crippen molar-refractivity contribution < 1.29 is 14.7 Å². The molecule has 1 aromatic rings. The maximum absolute atomic E-state index is 11.9. The summed E-state index contributed by atoms with van der Waals surface area (Å²) in [6.07, 6.45) is -0.0725. The first kappa shape index (κ1) is 14.8. The van der Waals surface area contributed by atoms with Crippen molar-refractivity contribution in [3.05, 3.63) is 35.9 Å². The van der Waals surface area contributed by atoms with Crippen LogP contribution in [0.3, 0.4) is 0 Å². The van der Waals surface area contributed by atoms with E-state index in [1.807, 2.05) is 44.2 Å². The molecule has 0 saturated carbocycles. The van der Waals surface area contributed by atoms with Gasteiger partial charge in [-0.15, -0.1) is 0 Å². The lowest BCUT2D eigenvalue weighted by Gasteiger charge is -2.23. The number of carboxylic acid groups (broad SMARTS) is 1. The number of hydrogen-bond donors (Lipinski definition) is 1. The van der Waals surface area contributed by atoms with E-state index in [2.05, 4.69) is 11.8 Å². The molecule has 19 heavy (non-hydrogen) atoms. The van der Waals surface area contributed by atoms with Gasteiger partial charge in [0, 0.05) is 24.1 Å². The van der Waals surface area contributed by atoms with E-state index in [4.69, 9.17) is 5.11 Å². The monoisotopic (exact) mass is 259 g/mol. The summed E-state index contributed by atoms with van der Waals surface area (Å²) >= 11 is 0. The van der Waals surface area contributed by atoms with Gasteiger partial charge in [-0.3, -0.25) is 9.59 Å². The van der Waals surface area contributed by atoms with E-state index < -0.39 is 5.97 Å². The van der Waals surface area contributed by atoms with Gasteiger partial charge in [0.15, 0.2) is 0 Å². The van der Waals surface area contributed by atoms with Crippen molar-refractivity contribution in [1.82, 2.24) is 4.90 Å². The summed E-state index contributed by atoms with van der Waals surface area (Å²) in [5, 5.41) is 8.66. The predicted octanol–water partition coefficient (Wildman–Crippen LogP) is 1.75. The molecule has 0 fully saturated rings. The topological polar surface area (TPSA) is 57.6 Å². The van der Waals surface area contributed by atoms with E-state index in [0.717, 1.165) is 5.56 Å². The Kier molecular flexibility index (Phi) is 5.62. The van der Waals surface area contributed by atoms with Crippen LogP contribution >= 0.6 is 0 Å². The maximum Gasteiger partial charge on any atom is 0.305 e. The Morgan fingerprint density at radius 2 is 1.89 bits per heavy atom. The molecular formula is C15H17NO3. The Hall–Kier alpha value is -2.28. The lowest BCUT2D eigenvalue weighted by Crippen LogP contribution is -2.37. The van der Waals surface area contributed by atoms with E-state index in [1.54, 1.807) is 0 Å². The molecule has 4 heteroatoms. The van der Waals surface area contributed by atoms with Crippen LogP contribution in [0.25, 0.3) is 0 Å². The van der Waals surface area contributed by atoms with Gasteiger partial charge >= 0.3 is 5.97 Å². The van der Waals surface area contributed by atoms with Crippen molar-refractivity contribution in [3.8, 4) is 11.8 Å². The average molecular weight is 259 g/mol. The quantitative estimate of drug-likeness (QED) is 0.838. The third kappa shape index (κ3) is 5.26. The normalized spacial score (nSPS) is 9.63. The van der Waals surface area contributed by atoms with E-state index in [-0.39, 0.29) is 24.9 Å². The molecule has 4 nitrogen and oxygen atoms in total. The molecule has 0 saturated heterocycles. The molecular weight excluding hydrogens is 242 g/mol. The van der Waals surface area contributed by atoms with Crippen molar-refractivity contribution in [3.63, 3.8) is 0 Å². The highest BCUT2D eigenvalue weighted by atomic mass is 16.4. The van der Waals surface area contributed by atoms with E-state index in [1.165, 1.54) is 4.90 Å². The summed E-state index contributed by atoms with van der Waals surface area (Å²) in [7, 11) is 0. The van der Waals surface area contributed by atoms with Gasteiger partial charge in [0.25, 0.3) is 5.91 Å². The molecule has 0 heterocycles. The van der Waals surface area contributed by atoms with Crippen molar-refractivity contribution >= 4 is 11.9 Å². The van der Waals surface area contributed by atoms with Gasteiger partial charge in [0.1, 0.15) is 0 Å². The van der Waals surface area contributed by atoms with Crippen LogP contribution in [-0.2, 0) is 9.59 Å². The second-order valence-corrected chi connectivity index (χ2v) is 4.35. The molecule has 0 unspecified atom stereocenters. The number of aliphatic carboxylic acids is 1. The summed E-state index contributed by atoms with van der Waals surface area (Å²) < 4.78 is 0. The van der Waals surface area contributed by atoms with Crippen LogP contribution < -0.4 is 0 Å². The van der Waals surface area contributed by atoms with Crippen molar-refractivity contribution in [2.24, 2.45) is 0 Å². The van der Waals surface area contributed by atoms with Crippen LogP contribution in [0.2, 0.25) is 0 Å². The number of rotatable bonds is 4. The second kappa shape index (κ2) is 7.22. The van der Waals surface area contributed by atoms with Gasteiger partial charge in [0.05, 0.1) is 6.42 Å². The molecule has 1 rings (SSSR count). The van der Waals surface area contributed by atoms with Crippen molar-refractivity contribution in [2.45, 2.75) is 26.3 Å². The molecule has 1 amide bonds. The highest BCUT2D eigenvalue weighted by molar-refractivity contribution is 5.94. The highest BCUT2D eigenvalue weighted by Gasteiger charge is 2.15. The zero-order valence-corrected chi connectivity index (χ0v) is 11.1. The average Bonchev–Trinajstić information content (AvgIpc) is 2.37. The minimum Gasteiger partial charge on any atom is -0.481 e. The van der Waals surface area contributed by atoms with E-state index in [0.29, 0.717) is 0 Å². The number of nitrogens with zero attached hydrogens (tertiary/aromatic N) is 1. The lowest BCUT2D eigenvalue weighted by molar-refractivity contribution is -0.138. The summed E-state index contributed by atoms with van der Waals surface area (Å²) in [6.45, 7) is 3.85. The molecule has 0 radical (unpaired) electrons. The van der Waals surface area contributed by atoms with Crippen molar-refractivity contribution in [1.29, 1.82) is 0 Å². The fraction of sp³-hybridized carbons (Fsp3) is 0.333. The van der Waals surface area contributed by atoms with Crippen LogP contribution in [0.15, 0.2) is 30.3 Å². The maximum atomic E-state index is 11.9. The number of carbonyl (C=O) groups is 2. The first-order valence-electron chi connectivity index (χ1n) is 6.10. The number of hydrogen-bond acceptors (Lipinski definition) is 2. The van der Waals surface area contributed by atoms with E-state index >= 15 is 0 Å². The van der Waals surface area contributed by atoms with Crippen LogP contribution in [0.1, 0.15) is 25.8 Å². The third-order valence-electron chi connectivity index (χ3n) is 2.54. The standard InChI is InChI=1S/C15H17NO3/c1-12(2)16(11-10-15(18)19)14(17)9-8-13-6-4-3-5-7-13/h3-7,12H,10-11H2,1-2H3,(H,18,19). The molecule has 1 aromatic carbocycles. The smallest absolute Gasteiger partial charge is 0.305 e. The van der Waals surface area contributed by atoms with Crippen molar-refractivity contribution in [2.75, 3.05) is 6.54 Å². The predicted molar refractivity (Wildman–Crippen MR) is 72.4 cm³/mol.